The highest BCUT2D eigenvalue weighted by molar-refractivity contribution is 6.03. The number of carbonyl (C=O) groups is 3. The van der Waals surface area contributed by atoms with Gasteiger partial charge in [-0.1, -0.05) is 0 Å². The predicted molar refractivity (Wildman–Crippen MR) is 62.8 cm³/mol. The Morgan fingerprint density at radius 2 is 1.47 bits per heavy atom. The third kappa shape index (κ3) is 5.49. The summed E-state index contributed by atoms with van der Waals surface area (Å²) >= 11 is 0. The van der Waals surface area contributed by atoms with Gasteiger partial charge in [0.1, 0.15) is 0 Å². The van der Waals surface area contributed by atoms with Gasteiger partial charge in [0.25, 0.3) is 0 Å². The lowest BCUT2D eigenvalue weighted by Crippen LogP contribution is -2.27. The van der Waals surface area contributed by atoms with E-state index in [0.29, 0.717) is 0 Å². The molecule has 8 nitrogen and oxygen atoms in total. The minimum atomic E-state index is -0.842. The maximum absolute atomic E-state index is 11.6. The number of methoxy groups -OCH3 is 3. The molecule has 0 bridgehead atoms. The van der Waals surface area contributed by atoms with E-state index in [9.17, 15) is 14.4 Å². The molecule has 0 saturated heterocycles. The van der Waals surface area contributed by atoms with E-state index in [2.05, 4.69) is 19.5 Å². The number of aliphatic hydroxyl groups excluding tert-OH is 1. The second kappa shape index (κ2) is 9.06. The maximum atomic E-state index is 11.6. The maximum Gasteiger partial charge on any atom is 0.335 e. The molecule has 0 aromatic heterocycles. The van der Waals surface area contributed by atoms with Gasteiger partial charge >= 0.3 is 17.9 Å². The zero-order valence-corrected chi connectivity index (χ0v) is 11.0. The average molecular weight is 275 g/mol. The van der Waals surface area contributed by atoms with Gasteiger partial charge in [-0.2, -0.15) is 0 Å². The van der Waals surface area contributed by atoms with Crippen molar-refractivity contribution >= 4 is 17.9 Å². The largest absolute Gasteiger partial charge is 0.469 e. The highest BCUT2D eigenvalue weighted by atomic mass is 16.5. The van der Waals surface area contributed by atoms with Crippen molar-refractivity contribution in [3.05, 3.63) is 11.1 Å². The lowest BCUT2D eigenvalue weighted by Gasteiger charge is -2.11. The van der Waals surface area contributed by atoms with Crippen molar-refractivity contribution in [3.63, 3.8) is 0 Å². The van der Waals surface area contributed by atoms with Crippen molar-refractivity contribution in [3.8, 4) is 0 Å². The van der Waals surface area contributed by atoms with E-state index in [1.807, 2.05) is 0 Å². The van der Waals surface area contributed by atoms with Crippen LogP contribution in [0.15, 0.2) is 11.1 Å². The van der Waals surface area contributed by atoms with Gasteiger partial charge < -0.3 is 19.3 Å². The van der Waals surface area contributed by atoms with E-state index in [1.54, 1.807) is 0 Å². The van der Waals surface area contributed by atoms with Crippen LogP contribution in [0.3, 0.4) is 0 Å². The summed E-state index contributed by atoms with van der Waals surface area (Å²) in [5.41, 5.74) is -0.282. The van der Waals surface area contributed by atoms with E-state index < -0.39 is 31.1 Å². The second-order valence-corrected chi connectivity index (χ2v) is 3.28. The van der Waals surface area contributed by atoms with E-state index >= 15 is 0 Å². The van der Waals surface area contributed by atoms with Crippen molar-refractivity contribution in [2.75, 3.05) is 34.6 Å². The lowest BCUT2D eigenvalue weighted by molar-refractivity contribution is -0.143. The lowest BCUT2D eigenvalue weighted by atomic mass is 10.0. The molecule has 0 aliphatic rings. The fourth-order valence-electron chi connectivity index (χ4n) is 1.25. The van der Waals surface area contributed by atoms with Gasteiger partial charge in [-0.15, -0.1) is 0 Å². The van der Waals surface area contributed by atoms with Crippen molar-refractivity contribution in [1.82, 2.24) is 5.32 Å². The number of esters is 3. The van der Waals surface area contributed by atoms with Crippen LogP contribution in [-0.2, 0) is 28.6 Å². The van der Waals surface area contributed by atoms with Gasteiger partial charge in [0.15, 0.2) is 0 Å². The van der Waals surface area contributed by atoms with Crippen LogP contribution in [0, 0.1) is 0 Å². The van der Waals surface area contributed by atoms with Crippen LogP contribution in [0.1, 0.15) is 6.42 Å². The van der Waals surface area contributed by atoms with Gasteiger partial charge in [0.05, 0.1) is 45.6 Å². The van der Waals surface area contributed by atoms with Gasteiger partial charge in [-0.05, 0) is 0 Å². The van der Waals surface area contributed by atoms with Crippen LogP contribution in [0.25, 0.3) is 0 Å². The van der Waals surface area contributed by atoms with Gasteiger partial charge in [0.2, 0.25) is 0 Å². The molecule has 2 N–H and O–H groups in total. The Hall–Kier alpha value is -1.93. The van der Waals surface area contributed by atoms with Crippen molar-refractivity contribution in [2.24, 2.45) is 0 Å². The molecule has 8 heteroatoms. The summed E-state index contributed by atoms with van der Waals surface area (Å²) in [5.74, 6) is -2.35. The third-order valence-corrected chi connectivity index (χ3v) is 2.19. The summed E-state index contributed by atoms with van der Waals surface area (Å²) in [5, 5.41) is 11.1. The Balaban J connectivity index is 5.46. The molecule has 0 rings (SSSR count). The topological polar surface area (TPSA) is 111 Å². The SMILES string of the molecule is COC(=O)C/C(C(=O)OC)=C(\CNCO)C(=O)OC. The Labute approximate surface area is 110 Å². The Bertz CT molecular complexity index is 375. The smallest absolute Gasteiger partial charge is 0.335 e. The first-order valence-corrected chi connectivity index (χ1v) is 5.28. The highest BCUT2D eigenvalue weighted by Gasteiger charge is 2.24. The molecule has 19 heavy (non-hydrogen) atoms. The third-order valence-electron chi connectivity index (χ3n) is 2.19. The number of hydrogen-bond acceptors (Lipinski definition) is 8. The van der Waals surface area contributed by atoms with Crippen molar-refractivity contribution < 1.29 is 33.7 Å². The number of hydrogen-bond donors (Lipinski definition) is 2. The molecule has 0 radical (unpaired) electrons. The van der Waals surface area contributed by atoms with E-state index in [4.69, 9.17) is 5.11 Å². The van der Waals surface area contributed by atoms with E-state index in [1.165, 1.54) is 0 Å². The number of aliphatic hydroxyl groups is 1. The Morgan fingerprint density at radius 3 is 1.89 bits per heavy atom. The summed E-state index contributed by atoms with van der Waals surface area (Å²) in [7, 11) is 3.41. The molecule has 0 unspecified atom stereocenters. The van der Waals surface area contributed by atoms with Crippen LogP contribution in [0.2, 0.25) is 0 Å². The van der Waals surface area contributed by atoms with Gasteiger partial charge in [-0.25, -0.2) is 9.59 Å². The minimum absolute atomic E-state index is 0.103. The fourth-order valence-corrected chi connectivity index (χ4v) is 1.25. The van der Waals surface area contributed by atoms with Crippen LogP contribution in [-0.4, -0.2) is 57.6 Å². The first-order valence-electron chi connectivity index (χ1n) is 5.28. The molecular weight excluding hydrogens is 258 g/mol. The molecule has 0 amide bonds. The summed E-state index contributed by atoms with van der Waals surface area (Å²) in [6, 6.07) is 0. The zero-order chi connectivity index (χ0) is 14.8. The normalized spacial score (nSPS) is 11.4. The first-order chi connectivity index (χ1) is 9.01. The van der Waals surface area contributed by atoms with Crippen LogP contribution < -0.4 is 5.32 Å². The molecule has 0 spiro atoms. The van der Waals surface area contributed by atoms with E-state index in [-0.39, 0.29) is 17.7 Å². The molecule has 0 atom stereocenters. The first kappa shape index (κ1) is 17.1. The van der Waals surface area contributed by atoms with Gasteiger partial charge in [0, 0.05) is 6.54 Å². The number of nitrogens with one attached hydrogen (secondary N) is 1. The predicted octanol–water partition coefficient (Wildman–Crippen LogP) is -1.27. The van der Waals surface area contributed by atoms with E-state index in [0.717, 1.165) is 21.3 Å². The highest BCUT2D eigenvalue weighted by Crippen LogP contribution is 2.13. The summed E-state index contributed by atoms with van der Waals surface area (Å²) < 4.78 is 13.5. The molecule has 108 valence electrons. The Morgan fingerprint density at radius 1 is 0.947 bits per heavy atom. The number of carbonyl (C=O) groups excluding carboxylic acids is 3. The molecule has 0 fully saturated rings. The van der Waals surface area contributed by atoms with Crippen LogP contribution >= 0.6 is 0 Å². The quantitative estimate of drug-likeness (QED) is 0.256. The summed E-state index contributed by atoms with van der Waals surface area (Å²) in [6.45, 7) is -0.558. The standard InChI is InChI=1S/C11H17NO7/c1-17-9(14)4-7(10(15)18-2)8(5-12-6-13)11(16)19-3/h12-13H,4-6H2,1-3H3/b8-7-. The number of ether oxygens (including phenoxy) is 3. The van der Waals surface area contributed by atoms with Crippen molar-refractivity contribution in [2.45, 2.75) is 6.42 Å². The Kier molecular flexibility index (Phi) is 8.14. The summed E-state index contributed by atoms with van der Waals surface area (Å²) in [4.78, 5) is 34.4. The molecule has 0 aliphatic heterocycles. The fraction of sp³-hybridized carbons (Fsp3) is 0.545. The summed E-state index contributed by atoms with van der Waals surface area (Å²) in [6.07, 6.45) is -0.430. The second-order valence-electron chi connectivity index (χ2n) is 3.28. The zero-order valence-electron chi connectivity index (χ0n) is 11.0. The van der Waals surface area contributed by atoms with Crippen LogP contribution in [0.4, 0.5) is 0 Å². The minimum Gasteiger partial charge on any atom is -0.469 e. The molecule has 0 aromatic carbocycles. The molecule has 0 saturated carbocycles. The van der Waals surface area contributed by atoms with Crippen molar-refractivity contribution in [1.29, 1.82) is 0 Å². The van der Waals surface area contributed by atoms with Gasteiger partial charge in [-0.3, -0.25) is 10.1 Å². The molecule has 0 aromatic rings. The molecule has 0 heterocycles. The molecule has 0 aliphatic carbocycles. The monoisotopic (exact) mass is 275 g/mol. The number of rotatable bonds is 7. The molecular formula is C11H17NO7. The average Bonchev–Trinajstić information content (AvgIpc) is 2.44. The van der Waals surface area contributed by atoms with Crippen LogP contribution in [0.5, 0.6) is 0 Å².